The molecule has 0 aliphatic carbocycles. The van der Waals surface area contributed by atoms with E-state index in [9.17, 15) is 5.11 Å². The normalized spacial score (nSPS) is 10.7. The predicted octanol–water partition coefficient (Wildman–Crippen LogP) is 2.85. The fourth-order valence-electron chi connectivity index (χ4n) is 0.873. The standard InChI is InChI=1S/C8H6Br3N3OS/c9-4-1-5(10)7(15)6(11)3(4)2-13-14-8(12)16/h1-2,15H,(H3,12,14,16)/b13-2-. The highest BCUT2D eigenvalue weighted by atomic mass is 79.9. The zero-order chi connectivity index (χ0) is 12.3. The van der Waals surface area contributed by atoms with Crippen molar-refractivity contribution in [1.29, 1.82) is 0 Å². The topological polar surface area (TPSA) is 70.6 Å². The number of nitrogens with zero attached hydrogens (tertiary/aromatic N) is 1. The summed E-state index contributed by atoms with van der Waals surface area (Å²) in [5.74, 6) is 0.0972. The molecule has 0 atom stereocenters. The average Bonchev–Trinajstić information content (AvgIpc) is 2.19. The molecule has 0 aromatic heterocycles. The quantitative estimate of drug-likeness (QED) is 0.382. The molecule has 0 unspecified atom stereocenters. The van der Waals surface area contributed by atoms with Crippen molar-refractivity contribution >= 4 is 71.3 Å². The lowest BCUT2D eigenvalue weighted by molar-refractivity contribution is 0.468. The number of phenols is 1. The molecular weight excluding hydrogens is 426 g/mol. The van der Waals surface area contributed by atoms with Gasteiger partial charge in [-0.1, -0.05) is 15.9 Å². The van der Waals surface area contributed by atoms with E-state index >= 15 is 0 Å². The van der Waals surface area contributed by atoms with Gasteiger partial charge in [0, 0.05) is 10.0 Å². The van der Waals surface area contributed by atoms with E-state index in [1.165, 1.54) is 6.21 Å². The second-order valence-electron chi connectivity index (χ2n) is 2.65. The van der Waals surface area contributed by atoms with Gasteiger partial charge in [0.1, 0.15) is 5.75 Å². The average molecular weight is 432 g/mol. The first-order valence-electron chi connectivity index (χ1n) is 3.88. The zero-order valence-electron chi connectivity index (χ0n) is 7.67. The summed E-state index contributed by atoms with van der Waals surface area (Å²) in [4.78, 5) is 0. The van der Waals surface area contributed by atoms with Gasteiger partial charge >= 0.3 is 0 Å². The van der Waals surface area contributed by atoms with Crippen LogP contribution in [0.3, 0.4) is 0 Å². The Morgan fingerprint density at radius 2 is 2.06 bits per heavy atom. The minimum atomic E-state index is 0.0739. The summed E-state index contributed by atoms with van der Waals surface area (Å²) in [5.41, 5.74) is 8.31. The molecule has 8 heteroatoms. The number of hydrogen-bond donors (Lipinski definition) is 3. The van der Waals surface area contributed by atoms with Crippen LogP contribution in [0.15, 0.2) is 24.6 Å². The monoisotopic (exact) mass is 429 g/mol. The lowest BCUT2D eigenvalue weighted by Gasteiger charge is -2.06. The van der Waals surface area contributed by atoms with E-state index in [-0.39, 0.29) is 10.9 Å². The highest BCUT2D eigenvalue weighted by Gasteiger charge is 2.11. The van der Waals surface area contributed by atoms with Crippen LogP contribution >= 0.6 is 60.0 Å². The molecular formula is C8H6Br3N3OS. The van der Waals surface area contributed by atoms with E-state index in [4.69, 9.17) is 5.73 Å². The second kappa shape index (κ2) is 5.95. The van der Waals surface area contributed by atoms with E-state index in [2.05, 4.69) is 70.5 Å². The molecule has 0 fully saturated rings. The highest BCUT2D eigenvalue weighted by Crippen LogP contribution is 2.38. The molecule has 4 nitrogen and oxygen atoms in total. The van der Waals surface area contributed by atoms with Gasteiger partial charge in [-0.2, -0.15) is 5.10 Å². The second-order valence-corrected chi connectivity index (χ2v) is 5.59. The Kier molecular flexibility index (Phi) is 5.16. The molecule has 0 aliphatic heterocycles. The first kappa shape index (κ1) is 13.9. The number of rotatable bonds is 2. The van der Waals surface area contributed by atoms with Gasteiger partial charge in [0.15, 0.2) is 5.11 Å². The van der Waals surface area contributed by atoms with E-state index in [1.54, 1.807) is 6.07 Å². The number of phenolic OH excluding ortho intramolecular Hbond substituents is 1. The van der Waals surface area contributed by atoms with Gasteiger partial charge < -0.3 is 10.8 Å². The van der Waals surface area contributed by atoms with E-state index in [1.807, 2.05) is 0 Å². The van der Waals surface area contributed by atoms with Crippen LogP contribution in [0.1, 0.15) is 5.56 Å². The number of aromatic hydroxyl groups is 1. The molecule has 0 aliphatic rings. The van der Waals surface area contributed by atoms with Crippen LogP contribution in [0.2, 0.25) is 0 Å². The third-order valence-corrected chi connectivity index (χ3v) is 3.70. The molecule has 16 heavy (non-hydrogen) atoms. The molecule has 1 aromatic carbocycles. The van der Waals surface area contributed by atoms with Crippen molar-refractivity contribution in [2.75, 3.05) is 0 Å². The molecule has 1 rings (SSSR count). The number of halogens is 3. The fourth-order valence-corrected chi connectivity index (χ4v) is 3.25. The Bertz CT molecular complexity index is 464. The van der Waals surface area contributed by atoms with Crippen LogP contribution in [0.5, 0.6) is 5.75 Å². The number of benzene rings is 1. The number of nitrogens with one attached hydrogen (secondary N) is 1. The highest BCUT2D eigenvalue weighted by molar-refractivity contribution is 9.11. The van der Waals surface area contributed by atoms with Gasteiger partial charge in [0.25, 0.3) is 0 Å². The van der Waals surface area contributed by atoms with E-state index < -0.39 is 0 Å². The number of hydrogen-bond acceptors (Lipinski definition) is 3. The molecule has 1 aromatic rings. The van der Waals surface area contributed by atoms with Gasteiger partial charge in [-0.25, -0.2) is 0 Å². The van der Waals surface area contributed by atoms with Crippen LogP contribution in [0.25, 0.3) is 0 Å². The maximum atomic E-state index is 9.67. The van der Waals surface area contributed by atoms with Crippen molar-refractivity contribution < 1.29 is 5.11 Å². The van der Waals surface area contributed by atoms with Gasteiger partial charge in [-0.3, -0.25) is 5.43 Å². The number of nitrogens with two attached hydrogens (primary N) is 1. The Balaban J connectivity index is 3.09. The summed E-state index contributed by atoms with van der Waals surface area (Å²) < 4.78 is 1.85. The summed E-state index contributed by atoms with van der Waals surface area (Å²) in [7, 11) is 0. The first-order chi connectivity index (χ1) is 7.43. The SMILES string of the molecule is NC(=S)N/N=C\c1c(Br)cc(Br)c(O)c1Br. The molecule has 0 saturated heterocycles. The fraction of sp³-hybridized carbons (Fsp3) is 0. The molecule has 86 valence electrons. The molecule has 0 bridgehead atoms. The lowest BCUT2D eigenvalue weighted by Crippen LogP contribution is -2.24. The largest absolute Gasteiger partial charge is 0.506 e. The van der Waals surface area contributed by atoms with Crippen molar-refractivity contribution in [3.05, 3.63) is 25.0 Å². The van der Waals surface area contributed by atoms with Crippen molar-refractivity contribution in [1.82, 2.24) is 5.43 Å². The summed E-state index contributed by atoms with van der Waals surface area (Å²) in [6.45, 7) is 0. The molecule has 0 heterocycles. The predicted molar refractivity (Wildman–Crippen MR) is 78.7 cm³/mol. The van der Waals surface area contributed by atoms with Gasteiger partial charge in [0.2, 0.25) is 0 Å². The van der Waals surface area contributed by atoms with Crippen molar-refractivity contribution in [3.8, 4) is 5.75 Å². The summed E-state index contributed by atoms with van der Waals surface area (Å²) in [6.07, 6.45) is 1.49. The van der Waals surface area contributed by atoms with Crippen LogP contribution in [0.4, 0.5) is 0 Å². The van der Waals surface area contributed by atoms with Crippen molar-refractivity contribution in [3.63, 3.8) is 0 Å². The Labute approximate surface area is 123 Å². The van der Waals surface area contributed by atoms with Crippen molar-refractivity contribution in [2.24, 2.45) is 10.8 Å². The van der Waals surface area contributed by atoms with Crippen LogP contribution in [0, 0.1) is 0 Å². The van der Waals surface area contributed by atoms with E-state index in [0.717, 1.165) is 4.47 Å². The molecule has 4 N–H and O–H groups in total. The summed E-state index contributed by atoms with van der Waals surface area (Å²) >= 11 is 14.4. The van der Waals surface area contributed by atoms with Crippen molar-refractivity contribution in [2.45, 2.75) is 0 Å². The maximum Gasteiger partial charge on any atom is 0.184 e. The molecule has 0 radical (unpaired) electrons. The van der Waals surface area contributed by atoms with Crippen LogP contribution < -0.4 is 11.2 Å². The minimum absolute atomic E-state index is 0.0739. The van der Waals surface area contributed by atoms with Crippen LogP contribution in [-0.4, -0.2) is 16.4 Å². The number of thiocarbonyl (C=S) groups is 1. The first-order valence-corrected chi connectivity index (χ1v) is 6.67. The van der Waals surface area contributed by atoms with Gasteiger partial charge in [-0.15, -0.1) is 0 Å². The third kappa shape index (κ3) is 3.41. The molecule has 0 amide bonds. The third-order valence-electron chi connectivity index (χ3n) is 1.55. The van der Waals surface area contributed by atoms with Gasteiger partial charge in [-0.05, 0) is 50.1 Å². The minimum Gasteiger partial charge on any atom is -0.506 e. The van der Waals surface area contributed by atoms with Crippen LogP contribution in [-0.2, 0) is 0 Å². The maximum absolute atomic E-state index is 9.67. The molecule has 0 spiro atoms. The number of hydrazone groups is 1. The Morgan fingerprint density at radius 1 is 1.44 bits per heavy atom. The Hall–Kier alpha value is -0.180. The zero-order valence-corrected chi connectivity index (χ0v) is 13.2. The molecule has 0 saturated carbocycles. The summed E-state index contributed by atoms with van der Waals surface area (Å²) in [5, 5.41) is 13.6. The Morgan fingerprint density at radius 3 is 2.62 bits per heavy atom. The smallest absolute Gasteiger partial charge is 0.184 e. The van der Waals surface area contributed by atoms with Gasteiger partial charge in [0.05, 0.1) is 15.2 Å². The van der Waals surface area contributed by atoms with E-state index in [0.29, 0.717) is 14.5 Å². The summed E-state index contributed by atoms with van der Waals surface area (Å²) in [6, 6.07) is 1.71. The lowest BCUT2D eigenvalue weighted by atomic mass is 10.2.